The molecule has 26 heavy (non-hydrogen) atoms. The van der Waals surface area contributed by atoms with E-state index in [0.29, 0.717) is 9.79 Å². The van der Waals surface area contributed by atoms with Gasteiger partial charge in [-0.05, 0) is 74.7 Å². The van der Waals surface area contributed by atoms with Crippen LogP contribution in [0.15, 0.2) is 58.3 Å². The Balaban J connectivity index is 0.000000290. The smallest absolute Gasteiger partial charge is 0.206 e. The summed E-state index contributed by atoms with van der Waals surface area (Å²) in [6.45, 7) is 9.03. The zero-order valence-corrected chi connectivity index (χ0v) is 17.2. The van der Waals surface area contributed by atoms with Crippen LogP contribution >= 0.6 is 0 Å². The van der Waals surface area contributed by atoms with Crippen molar-refractivity contribution in [1.82, 2.24) is 4.90 Å². The van der Waals surface area contributed by atoms with E-state index in [1.54, 1.807) is 36.4 Å². The Labute approximate surface area is 159 Å². The van der Waals surface area contributed by atoms with Crippen LogP contribution in [0, 0.1) is 12.8 Å². The molecule has 1 unspecified atom stereocenters. The predicted molar refractivity (Wildman–Crippen MR) is 108 cm³/mol. The fourth-order valence-electron chi connectivity index (χ4n) is 3.24. The maximum absolute atomic E-state index is 12.5. The third-order valence-corrected chi connectivity index (χ3v) is 6.60. The van der Waals surface area contributed by atoms with Crippen molar-refractivity contribution in [2.24, 2.45) is 5.92 Å². The quantitative estimate of drug-likeness (QED) is 0.777. The molecule has 2 aromatic carbocycles. The number of hydrogen-bond donors (Lipinski definition) is 0. The van der Waals surface area contributed by atoms with Crippen molar-refractivity contribution in [2.75, 3.05) is 20.1 Å². The molecule has 0 aromatic heterocycles. The van der Waals surface area contributed by atoms with Gasteiger partial charge in [0.15, 0.2) is 0 Å². The highest BCUT2D eigenvalue weighted by molar-refractivity contribution is 7.91. The molecule has 1 heterocycles. The number of nitrogens with zero attached hydrogens (tertiary/aromatic N) is 1. The van der Waals surface area contributed by atoms with Crippen LogP contribution in [-0.4, -0.2) is 33.5 Å². The molecule has 3 rings (SSSR count). The van der Waals surface area contributed by atoms with Gasteiger partial charge < -0.3 is 4.90 Å². The summed E-state index contributed by atoms with van der Waals surface area (Å²) in [5.74, 6) is 0.949. The first kappa shape index (κ1) is 20.7. The molecule has 1 atom stereocenters. The fraction of sp³-hybridized carbons (Fsp3) is 0.455. The van der Waals surface area contributed by atoms with Crippen LogP contribution in [-0.2, 0) is 16.3 Å². The van der Waals surface area contributed by atoms with E-state index in [2.05, 4.69) is 25.8 Å². The van der Waals surface area contributed by atoms with Gasteiger partial charge >= 0.3 is 0 Å². The van der Waals surface area contributed by atoms with Gasteiger partial charge in [0, 0.05) is 6.54 Å². The summed E-state index contributed by atoms with van der Waals surface area (Å²) in [7, 11) is -1.21. The molecule has 1 saturated heterocycles. The molecule has 3 nitrogen and oxygen atoms in total. The van der Waals surface area contributed by atoms with Crippen molar-refractivity contribution in [1.29, 1.82) is 0 Å². The second-order valence-corrected chi connectivity index (χ2v) is 9.26. The van der Waals surface area contributed by atoms with E-state index in [4.69, 9.17) is 0 Å². The monoisotopic (exact) mass is 373 g/mol. The summed E-state index contributed by atoms with van der Waals surface area (Å²) in [5, 5.41) is 0. The van der Waals surface area contributed by atoms with Crippen LogP contribution in [0.25, 0.3) is 0 Å². The summed E-state index contributed by atoms with van der Waals surface area (Å²) < 4.78 is 25.0. The van der Waals surface area contributed by atoms with E-state index in [1.807, 2.05) is 19.1 Å². The lowest BCUT2D eigenvalue weighted by molar-refractivity contribution is 0.402. The second kappa shape index (κ2) is 9.33. The van der Waals surface area contributed by atoms with Gasteiger partial charge in [-0.15, -0.1) is 0 Å². The molecule has 142 valence electrons. The molecule has 0 amide bonds. The number of sulfone groups is 1. The molecular formula is C22H31NO2S. The van der Waals surface area contributed by atoms with E-state index < -0.39 is 9.84 Å². The van der Waals surface area contributed by atoms with Gasteiger partial charge in [0.25, 0.3) is 0 Å². The van der Waals surface area contributed by atoms with E-state index in [-0.39, 0.29) is 0 Å². The number of likely N-dealkylation sites (tertiary alicyclic amines) is 1. The standard InChI is InChI=1S/C16H18O2S.C6H13N/c1-3-7-14-12-16(11-10-13(14)2)19(17,18)15-8-5-4-6-9-15;1-6-3-4-7(2)5-6/h4-6,8-12H,3,7H2,1-2H3;6H,3-5H2,1-2H3. The van der Waals surface area contributed by atoms with Crippen LogP contribution in [0.2, 0.25) is 0 Å². The summed E-state index contributed by atoms with van der Waals surface area (Å²) in [6.07, 6.45) is 3.32. The highest BCUT2D eigenvalue weighted by Crippen LogP contribution is 2.23. The normalized spacial score (nSPS) is 17.6. The Morgan fingerprint density at radius 1 is 1.08 bits per heavy atom. The van der Waals surface area contributed by atoms with Crippen LogP contribution in [0.5, 0.6) is 0 Å². The van der Waals surface area contributed by atoms with Gasteiger partial charge in [0.2, 0.25) is 9.84 Å². The lowest BCUT2D eigenvalue weighted by Gasteiger charge is -2.09. The first-order valence-electron chi connectivity index (χ1n) is 9.42. The van der Waals surface area contributed by atoms with Crippen molar-refractivity contribution >= 4 is 9.84 Å². The van der Waals surface area contributed by atoms with Gasteiger partial charge in [-0.25, -0.2) is 8.42 Å². The molecule has 0 radical (unpaired) electrons. The topological polar surface area (TPSA) is 37.4 Å². The largest absolute Gasteiger partial charge is 0.306 e. The Kier molecular flexibility index (Phi) is 7.42. The first-order chi connectivity index (χ1) is 12.3. The molecule has 1 aliphatic rings. The van der Waals surface area contributed by atoms with E-state index in [1.165, 1.54) is 19.5 Å². The zero-order chi connectivity index (χ0) is 19.2. The Morgan fingerprint density at radius 2 is 1.77 bits per heavy atom. The molecule has 1 aliphatic heterocycles. The molecular weight excluding hydrogens is 342 g/mol. The highest BCUT2D eigenvalue weighted by atomic mass is 32.2. The Bertz CT molecular complexity index is 792. The van der Waals surface area contributed by atoms with Gasteiger partial charge in [0.05, 0.1) is 9.79 Å². The third-order valence-electron chi connectivity index (χ3n) is 4.83. The van der Waals surface area contributed by atoms with Gasteiger partial charge in [-0.3, -0.25) is 0 Å². The van der Waals surface area contributed by atoms with Crippen molar-refractivity contribution in [3.63, 3.8) is 0 Å². The zero-order valence-electron chi connectivity index (χ0n) is 16.4. The van der Waals surface area contributed by atoms with Crippen LogP contribution in [0.3, 0.4) is 0 Å². The molecule has 0 bridgehead atoms. The highest BCUT2D eigenvalue weighted by Gasteiger charge is 2.17. The maximum atomic E-state index is 12.5. The molecule has 4 heteroatoms. The lowest BCUT2D eigenvalue weighted by atomic mass is 10.0. The number of benzene rings is 2. The van der Waals surface area contributed by atoms with Crippen molar-refractivity contribution in [3.8, 4) is 0 Å². The number of aryl methyl sites for hydroxylation is 2. The van der Waals surface area contributed by atoms with Crippen LogP contribution in [0.1, 0.15) is 37.8 Å². The molecule has 0 saturated carbocycles. The first-order valence-corrected chi connectivity index (χ1v) is 10.9. The summed E-state index contributed by atoms with van der Waals surface area (Å²) >= 11 is 0. The average molecular weight is 374 g/mol. The second-order valence-electron chi connectivity index (χ2n) is 7.31. The molecule has 2 aromatic rings. The van der Waals surface area contributed by atoms with Crippen molar-refractivity contribution in [2.45, 2.75) is 49.8 Å². The summed E-state index contributed by atoms with van der Waals surface area (Å²) in [4.78, 5) is 3.11. The van der Waals surface area contributed by atoms with Crippen LogP contribution < -0.4 is 0 Å². The maximum Gasteiger partial charge on any atom is 0.206 e. The van der Waals surface area contributed by atoms with Gasteiger partial charge in [-0.2, -0.15) is 0 Å². The average Bonchev–Trinajstić information content (AvgIpc) is 3.01. The number of hydrogen-bond acceptors (Lipinski definition) is 3. The Morgan fingerprint density at radius 3 is 2.27 bits per heavy atom. The van der Waals surface area contributed by atoms with E-state index >= 15 is 0 Å². The van der Waals surface area contributed by atoms with E-state index in [9.17, 15) is 8.42 Å². The SMILES string of the molecule is CC1CCN(C)C1.CCCc1cc(S(=O)(=O)c2ccccc2)ccc1C. The molecule has 0 N–H and O–H groups in total. The van der Waals surface area contributed by atoms with Gasteiger partial charge in [-0.1, -0.05) is 44.5 Å². The van der Waals surface area contributed by atoms with E-state index in [0.717, 1.165) is 29.9 Å². The Hall–Kier alpha value is -1.65. The minimum atomic E-state index is -3.40. The van der Waals surface area contributed by atoms with Gasteiger partial charge in [0.1, 0.15) is 0 Å². The minimum absolute atomic E-state index is 0.348. The van der Waals surface area contributed by atoms with Crippen molar-refractivity contribution < 1.29 is 8.42 Å². The summed E-state index contributed by atoms with van der Waals surface area (Å²) in [6, 6.07) is 14.0. The number of rotatable bonds is 4. The lowest BCUT2D eigenvalue weighted by Crippen LogP contribution is -2.12. The molecule has 0 spiro atoms. The molecule has 0 aliphatic carbocycles. The predicted octanol–water partition coefficient (Wildman–Crippen LogP) is 4.74. The van der Waals surface area contributed by atoms with Crippen molar-refractivity contribution in [3.05, 3.63) is 59.7 Å². The summed E-state index contributed by atoms with van der Waals surface area (Å²) in [5.41, 5.74) is 2.26. The fourth-order valence-corrected chi connectivity index (χ4v) is 4.58. The third kappa shape index (κ3) is 5.42. The van der Waals surface area contributed by atoms with Crippen LogP contribution in [0.4, 0.5) is 0 Å². The minimum Gasteiger partial charge on any atom is -0.306 e. The molecule has 1 fully saturated rings.